The lowest BCUT2D eigenvalue weighted by atomic mass is 10.2. The zero-order chi connectivity index (χ0) is 17.3. The summed E-state index contributed by atoms with van der Waals surface area (Å²) in [4.78, 5) is 4.07. The van der Waals surface area contributed by atoms with Crippen LogP contribution < -0.4 is 4.74 Å². The van der Waals surface area contributed by atoms with Gasteiger partial charge in [-0.25, -0.2) is 12.8 Å². The van der Waals surface area contributed by atoms with E-state index in [1.165, 1.54) is 22.5 Å². The largest absolute Gasteiger partial charge is 0.488 e. The molecule has 1 unspecified atom stereocenters. The van der Waals surface area contributed by atoms with Gasteiger partial charge in [-0.2, -0.15) is 4.31 Å². The van der Waals surface area contributed by atoms with E-state index >= 15 is 0 Å². The molecule has 0 amide bonds. The van der Waals surface area contributed by atoms with Gasteiger partial charge in [0.05, 0.1) is 15.9 Å². The van der Waals surface area contributed by atoms with Gasteiger partial charge in [0, 0.05) is 18.9 Å². The van der Waals surface area contributed by atoms with E-state index in [4.69, 9.17) is 4.74 Å². The highest BCUT2D eigenvalue weighted by molar-refractivity contribution is 9.10. The van der Waals surface area contributed by atoms with E-state index in [0.29, 0.717) is 24.3 Å². The van der Waals surface area contributed by atoms with Gasteiger partial charge in [0.15, 0.2) is 0 Å². The SMILES string of the molecule is Cc1cc(S(=O)(=O)N2CCC(Oc3ccncc3Br)C2)ccc1F. The van der Waals surface area contributed by atoms with Crippen LogP contribution in [0.4, 0.5) is 4.39 Å². The van der Waals surface area contributed by atoms with Crippen LogP contribution in [0.5, 0.6) is 5.75 Å². The molecule has 1 atom stereocenters. The summed E-state index contributed by atoms with van der Waals surface area (Å²) in [5, 5.41) is 0. The summed E-state index contributed by atoms with van der Waals surface area (Å²) in [6.45, 7) is 2.17. The van der Waals surface area contributed by atoms with Gasteiger partial charge in [0.25, 0.3) is 0 Å². The number of aryl methyl sites for hydroxylation is 1. The first-order valence-corrected chi connectivity index (χ1v) is 9.63. The maximum absolute atomic E-state index is 13.4. The van der Waals surface area contributed by atoms with Gasteiger partial charge >= 0.3 is 0 Å². The van der Waals surface area contributed by atoms with Crippen LogP contribution in [0.3, 0.4) is 0 Å². The van der Waals surface area contributed by atoms with Crippen molar-refractivity contribution in [2.75, 3.05) is 13.1 Å². The Morgan fingerprint density at radius 1 is 1.38 bits per heavy atom. The van der Waals surface area contributed by atoms with Crippen molar-refractivity contribution in [3.8, 4) is 5.75 Å². The van der Waals surface area contributed by atoms with Crippen LogP contribution in [0.15, 0.2) is 46.0 Å². The minimum Gasteiger partial charge on any atom is -0.488 e. The van der Waals surface area contributed by atoms with Gasteiger partial charge in [-0.1, -0.05) is 0 Å². The molecule has 2 aromatic rings. The Morgan fingerprint density at radius 2 is 2.17 bits per heavy atom. The Kier molecular flexibility index (Phi) is 4.89. The van der Waals surface area contributed by atoms with Gasteiger partial charge in [-0.05, 0) is 59.1 Å². The lowest BCUT2D eigenvalue weighted by Gasteiger charge is -2.18. The third kappa shape index (κ3) is 3.45. The van der Waals surface area contributed by atoms with Gasteiger partial charge < -0.3 is 4.74 Å². The van der Waals surface area contributed by atoms with E-state index in [2.05, 4.69) is 20.9 Å². The highest BCUT2D eigenvalue weighted by Crippen LogP contribution is 2.28. The van der Waals surface area contributed by atoms with Gasteiger partial charge in [-0.15, -0.1) is 0 Å². The summed E-state index contributed by atoms with van der Waals surface area (Å²) in [5.41, 5.74) is 0.309. The molecule has 2 heterocycles. The molecule has 1 fully saturated rings. The van der Waals surface area contributed by atoms with Crippen LogP contribution in [0.25, 0.3) is 0 Å². The molecule has 0 N–H and O–H groups in total. The van der Waals surface area contributed by atoms with E-state index < -0.39 is 15.8 Å². The van der Waals surface area contributed by atoms with Crippen LogP contribution in [0, 0.1) is 12.7 Å². The first-order chi connectivity index (χ1) is 11.4. The fraction of sp³-hybridized carbons (Fsp3) is 0.312. The number of benzene rings is 1. The standard InChI is InChI=1S/C16H16BrFN2O3S/c1-11-8-13(2-3-15(11)18)24(21,22)20-7-5-12(10-20)23-16-4-6-19-9-14(16)17/h2-4,6,8-9,12H,5,7,10H2,1H3. The second-order valence-corrected chi connectivity index (χ2v) is 8.40. The molecule has 128 valence electrons. The monoisotopic (exact) mass is 414 g/mol. The Balaban J connectivity index is 1.74. The summed E-state index contributed by atoms with van der Waals surface area (Å²) in [7, 11) is -3.65. The maximum Gasteiger partial charge on any atom is 0.243 e. The Morgan fingerprint density at radius 3 is 2.88 bits per heavy atom. The predicted molar refractivity (Wildman–Crippen MR) is 90.9 cm³/mol. The van der Waals surface area contributed by atoms with E-state index in [9.17, 15) is 12.8 Å². The highest BCUT2D eigenvalue weighted by atomic mass is 79.9. The molecule has 1 saturated heterocycles. The van der Waals surface area contributed by atoms with Gasteiger partial charge in [0.1, 0.15) is 17.7 Å². The van der Waals surface area contributed by atoms with E-state index in [1.54, 1.807) is 25.4 Å². The molecule has 8 heteroatoms. The van der Waals surface area contributed by atoms with Gasteiger partial charge in [0.2, 0.25) is 10.0 Å². The third-order valence-corrected chi connectivity index (χ3v) is 6.36. The minimum atomic E-state index is -3.65. The number of ether oxygens (including phenoxy) is 1. The topological polar surface area (TPSA) is 59.5 Å². The summed E-state index contributed by atoms with van der Waals surface area (Å²) in [6, 6.07) is 5.56. The maximum atomic E-state index is 13.4. The van der Waals surface area contributed by atoms with E-state index in [-0.39, 0.29) is 17.5 Å². The first kappa shape index (κ1) is 17.3. The Labute approximate surface area is 148 Å². The summed E-state index contributed by atoms with van der Waals surface area (Å²) < 4.78 is 46.7. The van der Waals surface area contributed by atoms with Crippen molar-refractivity contribution >= 4 is 26.0 Å². The third-order valence-electron chi connectivity index (χ3n) is 3.90. The van der Waals surface area contributed by atoms with Gasteiger partial charge in [-0.3, -0.25) is 4.98 Å². The first-order valence-electron chi connectivity index (χ1n) is 7.40. The molecular weight excluding hydrogens is 399 g/mol. The van der Waals surface area contributed by atoms with Crippen molar-refractivity contribution in [1.29, 1.82) is 0 Å². The molecule has 0 bridgehead atoms. The van der Waals surface area contributed by atoms with Crippen LogP contribution >= 0.6 is 15.9 Å². The molecule has 0 saturated carbocycles. The number of nitrogens with zero attached hydrogens (tertiary/aromatic N) is 2. The molecule has 3 rings (SSSR count). The fourth-order valence-electron chi connectivity index (χ4n) is 2.58. The van der Waals surface area contributed by atoms with Crippen molar-refractivity contribution in [3.63, 3.8) is 0 Å². The molecule has 0 radical (unpaired) electrons. The van der Waals surface area contributed by atoms with Crippen molar-refractivity contribution in [1.82, 2.24) is 9.29 Å². The second-order valence-electron chi connectivity index (χ2n) is 5.61. The summed E-state index contributed by atoms with van der Waals surface area (Å²) in [6.07, 6.45) is 3.60. The fourth-order valence-corrected chi connectivity index (χ4v) is 4.49. The summed E-state index contributed by atoms with van der Waals surface area (Å²) >= 11 is 3.35. The Bertz CT molecular complexity index is 860. The molecule has 1 aliphatic heterocycles. The molecule has 0 spiro atoms. The average Bonchev–Trinajstić information content (AvgIpc) is 3.01. The molecule has 5 nitrogen and oxygen atoms in total. The second kappa shape index (κ2) is 6.78. The number of hydrogen-bond acceptors (Lipinski definition) is 4. The number of hydrogen-bond donors (Lipinski definition) is 0. The Hall–Kier alpha value is -1.51. The average molecular weight is 415 g/mol. The summed E-state index contributed by atoms with van der Waals surface area (Å²) in [5.74, 6) is 0.214. The lowest BCUT2D eigenvalue weighted by Crippen LogP contribution is -2.31. The molecule has 24 heavy (non-hydrogen) atoms. The van der Waals surface area contributed by atoms with E-state index in [0.717, 1.165) is 4.47 Å². The molecule has 1 aromatic carbocycles. The van der Waals surface area contributed by atoms with Crippen molar-refractivity contribution < 1.29 is 17.5 Å². The van der Waals surface area contributed by atoms with Crippen LogP contribution in [-0.2, 0) is 10.0 Å². The lowest BCUT2D eigenvalue weighted by molar-refractivity contribution is 0.214. The molecule has 0 aliphatic carbocycles. The van der Waals surface area contributed by atoms with Crippen molar-refractivity contribution in [2.24, 2.45) is 0 Å². The number of halogens is 2. The predicted octanol–water partition coefficient (Wildman–Crippen LogP) is 3.13. The van der Waals surface area contributed by atoms with Crippen LogP contribution in [0.2, 0.25) is 0 Å². The zero-order valence-corrected chi connectivity index (χ0v) is 15.3. The molecular formula is C16H16BrFN2O3S. The minimum absolute atomic E-state index is 0.104. The quantitative estimate of drug-likeness (QED) is 0.770. The van der Waals surface area contributed by atoms with Crippen LogP contribution in [-0.4, -0.2) is 36.9 Å². The van der Waals surface area contributed by atoms with E-state index in [1.807, 2.05) is 0 Å². The number of pyridine rings is 1. The number of aromatic nitrogens is 1. The van der Waals surface area contributed by atoms with Crippen molar-refractivity contribution in [2.45, 2.75) is 24.3 Å². The van der Waals surface area contributed by atoms with Crippen LogP contribution in [0.1, 0.15) is 12.0 Å². The number of rotatable bonds is 4. The number of sulfonamides is 1. The smallest absolute Gasteiger partial charge is 0.243 e. The molecule has 1 aliphatic rings. The normalized spacial score (nSPS) is 18.7. The highest BCUT2D eigenvalue weighted by Gasteiger charge is 2.34. The molecule has 1 aromatic heterocycles. The van der Waals surface area contributed by atoms with Crippen molar-refractivity contribution in [3.05, 3.63) is 52.5 Å². The zero-order valence-electron chi connectivity index (χ0n) is 12.9.